The van der Waals surface area contributed by atoms with Crippen LogP contribution in [0.5, 0.6) is 5.75 Å². The standard InChI is InChI=1S/C27H33N3O5/c1-4-6-17-30-24-10-8-7-9-22(24)28-23(27(30)33)15-16-26(32)35-19-25(31)29(3)18-20-11-13-21(14-12-20)34-5-2/h7-14H,4-6,15-19H2,1-3H3. The summed E-state index contributed by atoms with van der Waals surface area (Å²) in [6, 6.07) is 15.0. The number of carbonyl (C=O) groups is 2. The largest absolute Gasteiger partial charge is 0.494 e. The van der Waals surface area contributed by atoms with Crippen LogP contribution in [0.3, 0.4) is 0 Å². The zero-order valence-electron chi connectivity index (χ0n) is 20.7. The lowest BCUT2D eigenvalue weighted by Gasteiger charge is -2.17. The first-order valence-electron chi connectivity index (χ1n) is 12.0. The van der Waals surface area contributed by atoms with Gasteiger partial charge in [0.1, 0.15) is 11.4 Å². The molecule has 0 N–H and O–H groups in total. The first kappa shape index (κ1) is 25.9. The van der Waals surface area contributed by atoms with Crippen LogP contribution in [-0.2, 0) is 33.8 Å². The Hall–Kier alpha value is -3.68. The molecule has 3 rings (SSSR count). The van der Waals surface area contributed by atoms with Crippen molar-refractivity contribution in [2.75, 3.05) is 20.3 Å². The Morgan fingerprint density at radius 2 is 1.80 bits per heavy atom. The van der Waals surface area contributed by atoms with Gasteiger partial charge in [-0.25, -0.2) is 4.98 Å². The summed E-state index contributed by atoms with van der Waals surface area (Å²) in [5.41, 5.74) is 2.60. The quantitative estimate of drug-likeness (QED) is 0.368. The first-order chi connectivity index (χ1) is 16.9. The number of hydrogen-bond donors (Lipinski definition) is 0. The smallest absolute Gasteiger partial charge is 0.306 e. The number of likely N-dealkylation sites (N-methyl/N-ethyl adjacent to an activating group) is 1. The number of carbonyl (C=O) groups excluding carboxylic acids is 2. The van der Waals surface area contributed by atoms with Crippen molar-refractivity contribution < 1.29 is 19.1 Å². The van der Waals surface area contributed by atoms with Crippen molar-refractivity contribution >= 4 is 22.9 Å². The number of nitrogens with zero attached hydrogens (tertiary/aromatic N) is 3. The molecule has 35 heavy (non-hydrogen) atoms. The van der Waals surface area contributed by atoms with Gasteiger partial charge < -0.3 is 18.9 Å². The molecule has 186 valence electrons. The lowest BCUT2D eigenvalue weighted by atomic mass is 10.2. The van der Waals surface area contributed by atoms with Crippen molar-refractivity contribution in [3.8, 4) is 5.75 Å². The molecule has 0 unspecified atom stereocenters. The van der Waals surface area contributed by atoms with Gasteiger partial charge in [0, 0.05) is 26.6 Å². The number of ether oxygens (including phenoxy) is 2. The van der Waals surface area contributed by atoms with Crippen LogP contribution in [-0.4, -0.2) is 46.6 Å². The molecule has 3 aromatic rings. The molecule has 8 nitrogen and oxygen atoms in total. The minimum atomic E-state index is -0.540. The van der Waals surface area contributed by atoms with E-state index in [0.29, 0.717) is 25.4 Å². The lowest BCUT2D eigenvalue weighted by molar-refractivity contribution is -0.151. The Labute approximate surface area is 205 Å². The predicted molar refractivity (Wildman–Crippen MR) is 134 cm³/mol. The highest BCUT2D eigenvalue weighted by atomic mass is 16.5. The van der Waals surface area contributed by atoms with E-state index in [1.54, 1.807) is 11.6 Å². The molecule has 0 aliphatic heterocycles. The molecule has 0 spiro atoms. The number of amides is 1. The number of fused-ring (bicyclic) bond motifs is 1. The van der Waals surface area contributed by atoms with Crippen molar-refractivity contribution in [3.63, 3.8) is 0 Å². The molecule has 0 saturated carbocycles. The molecular weight excluding hydrogens is 446 g/mol. The maximum absolute atomic E-state index is 13.0. The van der Waals surface area contributed by atoms with E-state index in [9.17, 15) is 14.4 Å². The number of esters is 1. The fourth-order valence-corrected chi connectivity index (χ4v) is 3.71. The molecule has 0 fully saturated rings. The van der Waals surface area contributed by atoms with Gasteiger partial charge in [-0.3, -0.25) is 14.4 Å². The molecule has 0 aliphatic rings. The number of benzene rings is 2. The molecule has 0 atom stereocenters. The molecule has 0 aliphatic carbocycles. The fraction of sp³-hybridized carbons (Fsp3) is 0.407. The molecular formula is C27H33N3O5. The van der Waals surface area contributed by atoms with Crippen LogP contribution in [0.2, 0.25) is 0 Å². The monoisotopic (exact) mass is 479 g/mol. The van der Waals surface area contributed by atoms with Gasteiger partial charge in [-0.05, 0) is 43.2 Å². The number of aromatic nitrogens is 2. The van der Waals surface area contributed by atoms with Crippen LogP contribution in [0.15, 0.2) is 53.3 Å². The van der Waals surface area contributed by atoms with Gasteiger partial charge in [-0.15, -0.1) is 0 Å². The molecule has 0 bridgehead atoms. The van der Waals surface area contributed by atoms with Crippen LogP contribution < -0.4 is 10.3 Å². The lowest BCUT2D eigenvalue weighted by Crippen LogP contribution is -2.31. The maximum Gasteiger partial charge on any atom is 0.306 e. The molecule has 1 heterocycles. The average molecular weight is 480 g/mol. The molecule has 8 heteroatoms. The van der Waals surface area contributed by atoms with Crippen molar-refractivity contribution in [1.29, 1.82) is 0 Å². The third-order valence-corrected chi connectivity index (χ3v) is 5.66. The average Bonchev–Trinajstić information content (AvgIpc) is 2.86. The van der Waals surface area contributed by atoms with Crippen molar-refractivity contribution in [3.05, 3.63) is 70.1 Å². The Kier molecular flexibility index (Phi) is 9.40. The van der Waals surface area contributed by atoms with Gasteiger partial charge in [-0.2, -0.15) is 0 Å². The van der Waals surface area contributed by atoms with Crippen molar-refractivity contribution in [2.24, 2.45) is 0 Å². The van der Waals surface area contributed by atoms with E-state index >= 15 is 0 Å². The highest BCUT2D eigenvalue weighted by molar-refractivity contribution is 5.80. The summed E-state index contributed by atoms with van der Waals surface area (Å²) < 4.78 is 12.3. The van der Waals surface area contributed by atoms with Gasteiger partial charge in [0.2, 0.25) is 0 Å². The van der Waals surface area contributed by atoms with E-state index in [2.05, 4.69) is 11.9 Å². The molecule has 1 aromatic heterocycles. The molecule has 0 saturated heterocycles. The normalized spacial score (nSPS) is 10.8. The van der Waals surface area contributed by atoms with Gasteiger partial charge in [-0.1, -0.05) is 37.6 Å². The topological polar surface area (TPSA) is 90.7 Å². The van der Waals surface area contributed by atoms with Gasteiger partial charge in [0.05, 0.1) is 24.1 Å². The predicted octanol–water partition coefficient (Wildman–Crippen LogP) is 3.73. The first-order valence-corrected chi connectivity index (χ1v) is 12.0. The SMILES string of the molecule is CCCCn1c(=O)c(CCC(=O)OCC(=O)N(C)Cc2ccc(OCC)cc2)nc2ccccc21. The summed E-state index contributed by atoms with van der Waals surface area (Å²) in [6.07, 6.45) is 1.97. The van der Waals surface area contributed by atoms with Crippen LogP contribution in [0.1, 0.15) is 44.4 Å². The van der Waals surface area contributed by atoms with Crippen LogP contribution in [0.25, 0.3) is 11.0 Å². The second-order valence-electron chi connectivity index (χ2n) is 8.35. The number of rotatable bonds is 12. The summed E-state index contributed by atoms with van der Waals surface area (Å²) >= 11 is 0. The summed E-state index contributed by atoms with van der Waals surface area (Å²) in [5, 5.41) is 0. The van der Waals surface area contributed by atoms with Crippen molar-refractivity contribution in [1.82, 2.24) is 14.5 Å². The van der Waals surface area contributed by atoms with Crippen LogP contribution in [0, 0.1) is 0 Å². The minimum absolute atomic E-state index is 0.0236. The number of hydrogen-bond acceptors (Lipinski definition) is 6. The Balaban J connectivity index is 1.54. The van der Waals surface area contributed by atoms with Gasteiger partial charge in [0.25, 0.3) is 11.5 Å². The highest BCUT2D eigenvalue weighted by Gasteiger charge is 2.15. The van der Waals surface area contributed by atoms with E-state index < -0.39 is 5.97 Å². The summed E-state index contributed by atoms with van der Waals surface area (Å²) in [7, 11) is 1.66. The van der Waals surface area contributed by atoms with E-state index in [0.717, 1.165) is 35.2 Å². The minimum Gasteiger partial charge on any atom is -0.494 e. The van der Waals surface area contributed by atoms with E-state index in [-0.39, 0.29) is 30.9 Å². The van der Waals surface area contributed by atoms with E-state index in [4.69, 9.17) is 9.47 Å². The number of para-hydroxylation sites is 2. The third-order valence-electron chi connectivity index (χ3n) is 5.66. The van der Waals surface area contributed by atoms with Gasteiger partial charge in [0.15, 0.2) is 6.61 Å². The summed E-state index contributed by atoms with van der Waals surface area (Å²) in [5.74, 6) is -0.0718. The van der Waals surface area contributed by atoms with Crippen LogP contribution >= 0.6 is 0 Å². The van der Waals surface area contributed by atoms with E-state index in [1.165, 1.54) is 4.90 Å². The Morgan fingerprint density at radius 3 is 2.51 bits per heavy atom. The number of unbranched alkanes of at least 4 members (excludes halogenated alkanes) is 1. The molecule has 2 aromatic carbocycles. The molecule has 1 amide bonds. The Morgan fingerprint density at radius 1 is 1.06 bits per heavy atom. The summed E-state index contributed by atoms with van der Waals surface area (Å²) in [4.78, 5) is 43.6. The second kappa shape index (κ2) is 12.7. The third kappa shape index (κ3) is 7.15. The summed E-state index contributed by atoms with van der Waals surface area (Å²) in [6.45, 7) is 5.23. The zero-order chi connectivity index (χ0) is 25.2. The molecule has 0 radical (unpaired) electrons. The van der Waals surface area contributed by atoms with E-state index in [1.807, 2.05) is 55.5 Å². The van der Waals surface area contributed by atoms with Gasteiger partial charge >= 0.3 is 5.97 Å². The second-order valence-corrected chi connectivity index (χ2v) is 8.35. The maximum atomic E-state index is 13.0. The Bertz CT molecular complexity index is 1200. The van der Waals surface area contributed by atoms with Crippen molar-refractivity contribution in [2.45, 2.75) is 52.6 Å². The highest BCUT2D eigenvalue weighted by Crippen LogP contribution is 2.14. The number of aryl methyl sites for hydroxylation is 2. The van der Waals surface area contributed by atoms with Crippen LogP contribution in [0.4, 0.5) is 0 Å². The zero-order valence-corrected chi connectivity index (χ0v) is 20.7. The fourth-order valence-electron chi connectivity index (χ4n) is 3.71.